The van der Waals surface area contributed by atoms with E-state index in [9.17, 15) is 14.0 Å². The number of benzene rings is 2. The van der Waals surface area contributed by atoms with Crippen molar-refractivity contribution in [2.24, 2.45) is 0 Å². The third-order valence-electron chi connectivity index (χ3n) is 4.57. The van der Waals surface area contributed by atoms with Crippen LogP contribution < -0.4 is 15.6 Å². The second kappa shape index (κ2) is 8.20. The average Bonchev–Trinajstić information content (AvgIpc) is 3.20. The Kier molecular flexibility index (Phi) is 5.30. The van der Waals surface area contributed by atoms with Crippen LogP contribution in [0.1, 0.15) is 10.6 Å². The van der Waals surface area contributed by atoms with Gasteiger partial charge in [0.15, 0.2) is 17.1 Å². The molecule has 30 heavy (non-hydrogen) atoms. The molecular weight excluding hydrogens is 389 g/mol. The molecule has 4 aromatic rings. The van der Waals surface area contributed by atoms with Crippen molar-refractivity contribution in [1.82, 2.24) is 15.1 Å². The largest absolute Gasteiger partial charge is 0.493 e. The molecule has 7 nitrogen and oxygen atoms in total. The zero-order valence-corrected chi connectivity index (χ0v) is 16.1. The molecule has 0 radical (unpaired) electrons. The molecule has 8 heteroatoms. The summed E-state index contributed by atoms with van der Waals surface area (Å²) >= 11 is 0. The zero-order chi connectivity index (χ0) is 21.1. The molecule has 0 fully saturated rings. The Morgan fingerprint density at radius 2 is 1.97 bits per heavy atom. The lowest BCUT2D eigenvalue weighted by Crippen LogP contribution is -2.31. The number of fused-ring (bicyclic) bond motifs is 1. The van der Waals surface area contributed by atoms with Crippen LogP contribution in [-0.4, -0.2) is 29.3 Å². The minimum absolute atomic E-state index is 0.148. The van der Waals surface area contributed by atoms with Gasteiger partial charge in [-0.25, -0.2) is 9.07 Å². The molecule has 2 aromatic carbocycles. The lowest BCUT2D eigenvalue weighted by molar-refractivity contribution is 0.0926. The van der Waals surface area contributed by atoms with Crippen molar-refractivity contribution in [3.05, 3.63) is 82.6 Å². The smallest absolute Gasteiger partial charge is 0.287 e. The summed E-state index contributed by atoms with van der Waals surface area (Å²) in [5.41, 5.74) is 1.41. The molecule has 0 aliphatic heterocycles. The number of halogens is 1. The van der Waals surface area contributed by atoms with Gasteiger partial charge in [-0.3, -0.25) is 9.59 Å². The first-order chi connectivity index (χ1) is 14.5. The van der Waals surface area contributed by atoms with E-state index in [4.69, 9.17) is 9.15 Å². The molecule has 1 amide bonds. The Balaban J connectivity index is 1.45. The molecule has 0 spiro atoms. The van der Waals surface area contributed by atoms with Crippen LogP contribution in [0.4, 0.5) is 4.39 Å². The van der Waals surface area contributed by atoms with Crippen molar-refractivity contribution in [3.63, 3.8) is 0 Å². The molecule has 4 rings (SSSR count). The van der Waals surface area contributed by atoms with Crippen LogP contribution in [0.25, 0.3) is 22.2 Å². The van der Waals surface area contributed by atoms with Gasteiger partial charge < -0.3 is 14.5 Å². The van der Waals surface area contributed by atoms with E-state index in [-0.39, 0.29) is 30.2 Å². The van der Waals surface area contributed by atoms with E-state index in [0.717, 1.165) is 5.39 Å². The summed E-state index contributed by atoms with van der Waals surface area (Å²) in [6, 6.07) is 15.8. The lowest BCUT2D eigenvalue weighted by Gasteiger charge is -2.08. The van der Waals surface area contributed by atoms with E-state index >= 15 is 0 Å². The second-order valence-electron chi connectivity index (χ2n) is 6.53. The average molecular weight is 407 g/mol. The molecule has 0 bridgehead atoms. The van der Waals surface area contributed by atoms with E-state index in [1.54, 1.807) is 30.3 Å². The molecule has 0 unspecified atom stereocenters. The highest BCUT2D eigenvalue weighted by atomic mass is 19.1. The van der Waals surface area contributed by atoms with Crippen molar-refractivity contribution in [1.29, 1.82) is 0 Å². The fourth-order valence-electron chi connectivity index (χ4n) is 3.06. The molecule has 0 saturated heterocycles. The van der Waals surface area contributed by atoms with Crippen LogP contribution in [0.5, 0.6) is 5.75 Å². The summed E-state index contributed by atoms with van der Waals surface area (Å²) in [7, 11) is 1.53. The summed E-state index contributed by atoms with van der Waals surface area (Å²) < 4.78 is 25.2. The number of carbonyl (C=O) groups is 1. The Morgan fingerprint density at radius 3 is 2.73 bits per heavy atom. The van der Waals surface area contributed by atoms with Crippen LogP contribution in [0.15, 0.2) is 69.9 Å². The molecule has 152 valence electrons. The summed E-state index contributed by atoms with van der Waals surface area (Å²) in [5, 5.41) is 7.76. The predicted octanol–water partition coefficient (Wildman–Crippen LogP) is 3.23. The van der Waals surface area contributed by atoms with E-state index in [1.807, 2.05) is 12.1 Å². The standard InChI is InChI=1S/C22H18FN3O4/c1-29-18-4-2-3-15-13-19(30-21(15)18)22(28)24-11-12-26-20(27)10-9-17(25-26)14-5-7-16(23)8-6-14/h2-10,13H,11-12H2,1H3,(H,24,28). The molecule has 0 aliphatic rings. The van der Waals surface area contributed by atoms with Crippen LogP contribution in [-0.2, 0) is 6.54 Å². The van der Waals surface area contributed by atoms with Gasteiger partial charge >= 0.3 is 0 Å². The van der Waals surface area contributed by atoms with Gasteiger partial charge in [0.1, 0.15) is 5.82 Å². The molecule has 0 aliphatic carbocycles. The van der Waals surface area contributed by atoms with Gasteiger partial charge in [0.25, 0.3) is 11.5 Å². The summed E-state index contributed by atoms with van der Waals surface area (Å²) in [6.45, 7) is 0.343. The Hall–Kier alpha value is -3.94. The maximum Gasteiger partial charge on any atom is 0.287 e. The van der Waals surface area contributed by atoms with Gasteiger partial charge in [-0.05, 0) is 42.5 Å². The van der Waals surface area contributed by atoms with E-state index < -0.39 is 5.91 Å². The number of nitrogens with zero attached hydrogens (tertiary/aromatic N) is 2. The second-order valence-corrected chi connectivity index (χ2v) is 6.53. The number of ether oxygens (including phenoxy) is 1. The van der Waals surface area contributed by atoms with Gasteiger partial charge in [-0.15, -0.1) is 0 Å². The van der Waals surface area contributed by atoms with Crippen molar-refractivity contribution in [2.45, 2.75) is 6.54 Å². The van der Waals surface area contributed by atoms with Crippen molar-refractivity contribution in [2.75, 3.05) is 13.7 Å². The number of aromatic nitrogens is 2. The van der Waals surface area contributed by atoms with Crippen LogP contribution in [0.3, 0.4) is 0 Å². The number of para-hydroxylation sites is 1. The van der Waals surface area contributed by atoms with E-state index in [1.165, 1.54) is 30.0 Å². The van der Waals surface area contributed by atoms with Crippen LogP contribution in [0.2, 0.25) is 0 Å². The first kappa shape index (κ1) is 19.4. The van der Waals surface area contributed by atoms with Gasteiger partial charge in [-0.2, -0.15) is 5.10 Å². The number of hydrogen-bond acceptors (Lipinski definition) is 5. The number of rotatable bonds is 6. The number of amides is 1. The Bertz CT molecular complexity index is 1260. The molecular formula is C22H18FN3O4. The minimum atomic E-state index is -0.406. The van der Waals surface area contributed by atoms with Crippen molar-refractivity contribution < 1.29 is 18.3 Å². The monoisotopic (exact) mass is 407 g/mol. The molecule has 1 N–H and O–H groups in total. The highest BCUT2D eigenvalue weighted by Gasteiger charge is 2.14. The topological polar surface area (TPSA) is 86.4 Å². The van der Waals surface area contributed by atoms with Crippen molar-refractivity contribution >= 4 is 16.9 Å². The summed E-state index contributed by atoms with van der Waals surface area (Å²) in [4.78, 5) is 24.5. The quantitative estimate of drug-likeness (QED) is 0.530. The van der Waals surface area contributed by atoms with Crippen molar-refractivity contribution in [3.8, 4) is 17.0 Å². The molecule has 0 atom stereocenters. The maximum atomic E-state index is 13.1. The highest BCUT2D eigenvalue weighted by Crippen LogP contribution is 2.28. The highest BCUT2D eigenvalue weighted by molar-refractivity contribution is 5.97. The molecule has 2 heterocycles. The fraction of sp³-hybridized carbons (Fsp3) is 0.136. The number of methoxy groups -OCH3 is 1. The first-order valence-electron chi connectivity index (χ1n) is 9.24. The Morgan fingerprint density at radius 1 is 1.17 bits per heavy atom. The zero-order valence-electron chi connectivity index (χ0n) is 16.1. The first-order valence-corrected chi connectivity index (χ1v) is 9.24. The van der Waals surface area contributed by atoms with Gasteiger partial charge in [0.05, 0.1) is 19.3 Å². The third-order valence-corrected chi connectivity index (χ3v) is 4.57. The summed E-state index contributed by atoms with van der Waals surface area (Å²) in [6.07, 6.45) is 0. The third kappa shape index (κ3) is 3.93. The fourth-order valence-corrected chi connectivity index (χ4v) is 3.06. The number of furan rings is 1. The van der Waals surface area contributed by atoms with Crippen LogP contribution in [0, 0.1) is 5.82 Å². The Labute approximate surface area is 170 Å². The lowest BCUT2D eigenvalue weighted by atomic mass is 10.1. The van der Waals surface area contributed by atoms with Crippen LogP contribution >= 0.6 is 0 Å². The van der Waals surface area contributed by atoms with E-state index in [2.05, 4.69) is 10.4 Å². The predicted molar refractivity (Wildman–Crippen MR) is 109 cm³/mol. The SMILES string of the molecule is COc1cccc2cc(C(=O)NCCn3nc(-c4ccc(F)cc4)ccc3=O)oc12. The van der Waals surface area contributed by atoms with Gasteiger partial charge in [0, 0.05) is 23.6 Å². The number of carbonyl (C=O) groups excluding carboxylic acids is 1. The maximum absolute atomic E-state index is 13.1. The van der Waals surface area contributed by atoms with E-state index in [0.29, 0.717) is 22.6 Å². The molecule has 0 saturated carbocycles. The number of nitrogens with one attached hydrogen (secondary N) is 1. The molecule has 2 aromatic heterocycles. The minimum Gasteiger partial charge on any atom is -0.493 e. The van der Waals surface area contributed by atoms with Gasteiger partial charge in [-0.1, -0.05) is 12.1 Å². The number of hydrogen-bond donors (Lipinski definition) is 1. The normalized spacial score (nSPS) is 10.9. The summed E-state index contributed by atoms with van der Waals surface area (Å²) in [5.74, 6) is -0.0660. The van der Waals surface area contributed by atoms with Gasteiger partial charge in [0.2, 0.25) is 0 Å².